The second kappa shape index (κ2) is 6.64. The fourth-order valence-electron chi connectivity index (χ4n) is 3.07. The number of aryl methyl sites for hydroxylation is 1. The molecule has 1 saturated heterocycles. The predicted octanol–water partition coefficient (Wildman–Crippen LogP) is 1.57. The fraction of sp³-hybridized carbons (Fsp3) is 0.857. The van der Waals surface area contributed by atoms with Crippen LogP contribution in [0.2, 0.25) is 0 Å². The third-order valence-corrected chi connectivity index (χ3v) is 5.57. The van der Waals surface area contributed by atoms with Crippen LogP contribution in [0.1, 0.15) is 32.6 Å². The van der Waals surface area contributed by atoms with E-state index in [-0.39, 0.29) is 5.79 Å². The van der Waals surface area contributed by atoms with Crippen molar-refractivity contribution in [3.8, 4) is 0 Å². The molecule has 1 aromatic heterocycles. The summed E-state index contributed by atoms with van der Waals surface area (Å²) in [5.74, 6) is -0.360. The zero-order chi connectivity index (χ0) is 14.7. The standard InChI is InChI=1S/C14H24N4O2S/c1-3-6-15-11-4-5-14(19-7-8-20-14)9-12(11)21-13-17-16-10-18(13)2/h10-12,15H,3-9H2,1-2H3. The number of rotatable bonds is 5. The van der Waals surface area contributed by atoms with Crippen LogP contribution in [-0.4, -0.2) is 51.6 Å². The van der Waals surface area contributed by atoms with Gasteiger partial charge in [-0.05, 0) is 19.4 Å². The molecular weight excluding hydrogens is 288 g/mol. The highest BCUT2D eigenvalue weighted by Gasteiger charge is 2.45. The number of nitrogens with one attached hydrogen (secondary N) is 1. The summed E-state index contributed by atoms with van der Waals surface area (Å²) >= 11 is 1.78. The number of hydrogen-bond donors (Lipinski definition) is 1. The Kier molecular flexibility index (Phi) is 4.83. The molecule has 1 aliphatic carbocycles. The van der Waals surface area contributed by atoms with Gasteiger partial charge >= 0.3 is 0 Å². The molecular formula is C14H24N4O2S. The molecule has 1 saturated carbocycles. The predicted molar refractivity (Wildman–Crippen MR) is 81.2 cm³/mol. The second-order valence-electron chi connectivity index (χ2n) is 5.79. The molecule has 21 heavy (non-hydrogen) atoms. The average Bonchev–Trinajstić information content (AvgIpc) is 3.09. The van der Waals surface area contributed by atoms with Crippen molar-refractivity contribution in [2.75, 3.05) is 19.8 Å². The monoisotopic (exact) mass is 312 g/mol. The molecule has 2 atom stereocenters. The summed E-state index contributed by atoms with van der Waals surface area (Å²) in [6.45, 7) is 4.68. The molecule has 118 valence electrons. The lowest BCUT2D eigenvalue weighted by atomic mass is 9.89. The van der Waals surface area contributed by atoms with Crippen LogP contribution < -0.4 is 5.32 Å². The molecule has 1 spiro atoms. The van der Waals surface area contributed by atoms with Gasteiger partial charge in [-0.3, -0.25) is 0 Å². The molecule has 1 aromatic rings. The van der Waals surface area contributed by atoms with Crippen LogP contribution in [0.15, 0.2) is 11.5 Å². The summed E-state index contributed by atoms with van der Waals surface area (Å²) in [7, 11) is 1.98. The van der Waals surface area contributed by atoms with Crippen molar-refractivity contribution in [3.63, 3.8) is 0 Å². The van der Waals surface area contributed by atoms with Crippen molar-refractivity contribution in [2.45, 2.75) is 54.8 Å². The van der Waals surface area contributed by atoms with Crippen LogP contribution in [0.5, 0.6) is 0 Å². The van der Waals surface area contributed by atoms with Gasteiger partial charge in [0.15, 0.2) is 10.9 Å². The number of aromatic nitrogens is 3. The molecule has 1 aliphatic heterocycles. The fourth-order valence-corrected chi connectivity index (χ4v) is 4.39. The number of nitrogens with zero attached hydrogens (tertiary/aromatic N) is 3. The minimum atomic E-state index is -0.360. The van der Waals surface area contributed by atoms with Gasteiger partial charge in [-0.1, -0.05) is 18.7 Å². The average molecular weight is 312 g/mol. The van der Waals surface area contributed by atoms with Gasteiger partial charge in [-0.25, -0.2) is 0 Å². The van der Waals surface area contributed by atoms with E-state index in [0.717, 1.165) is 37.4 Å². The molecule has 0 radical (unpaired) electrons. The van der Waals surface area contributed by atoms with Gasteiger partial charge in [-0.2, -0.15) is 0 Å². The Morgan fingerprint density at radius 2 is 2.29 bits per heavy atom. The van der Waals surface area contributed by atoms with Crippen LogP contribution in [0.4, 0.5) is 0 Å². The molecule has 0 bridgehead atoms. The first kappa shape index (κ1) is 15.3. The Balaban J connectivity index is 1.71. The first-order chi connectivity index (χ1) is 10.2. The van der Waals surface area contributed by atoms with E-state index in [9.17, 15) is 0 Å². The van der Waals surface area contributed by atoms with Crippen molar-refractivity contribution in [1.82, 2.24) is 20.1 Å². The molecule has 0 amide bonds. The Morgan fingerprint density at radius 1 is 1.48 bits per heavy atom. The van der Waals surface area contributed by atoms with Crippen molar-refractivity contribution in [1.29, 1.82) is 0 Å². The lowest BCUT2D eigenvalue weighted by Gasteiger charge is -2.40. The summed E-state index contributed by atoms with van der Waals surface area (Å²) in [6, 6.07) is 0.477. The quantitative estimate of drug-likeness (QED) is 0.890. The highest BCUT2D eigenvalue weighted by molar-refractivity contribution is 7.99. The smallest absolute Gasteiger partial charge is 0.191 e. The number of thioether (sulfide) groups is 1. The molecule has 2 heterocycles. The minimum Gasteiger partial charge on any atom is -0.347 e. The normalized spacial score (nSPS) is 28.3. The lowest BCUT2D eigenvalue weighted by molar-refractivity contribution is -0.178. The van der Waals surface area contributed by atoms with Gasteiger partial charge in [0.25, 0.3) is 0 Å². The molecule has 2 unspecified atom stereocenters. The van der Waals surface area contributed by atoms with E-state index in [2.05, 4.69) is 22.4 Å². The van der Waals surface area contributed by atoms with Gasteiger partial charge in [0.1, 0.15) is 6.33 Å². The van der Waals surface area contributed by atoms with Gasteiger partial charge in [0.2, 0.25) is 0 Å². The van der Waals surface area contributed by atoms with E-state index in [4.69, 9.17) is 9.47 Å². The molecule has 3 rings (SSSR count). The first-order valence-corrected chi connectivity index (χ1v) is 8.62. The number of hydrogen-bond acceptors (Lipinski definition) is 6. The Labute approximate surface area is 130 Å². The summed E-state index contributed by atoms with van der Waals surface area (Å²) in [5.41, 5.74) is 0. The van der Waals surface area contributed by atoms with Gasteiger partial charge in [0, 0.05) is 31.2 Å². The van der Waals surface area contributed by atoms with Crippen molar-refractivity contribution in [2.24, 2.45) is 7.05 Å². The maximum Gasteiger partial charge on any atom is 0.191 e. The van der Waals surface area contributed by atoms with Crippen LogP contribution in [0.25, 0.3) is 0 Å². The number of ether oxygens (including phenoxy) is 2. The van der Waals surface area contributed by atoms with Crippen molar-refractivity contribution < 1.29 is 9.47 Å². The first-order valence-electron chi connectivity index (χ1n) is 7.74. The van der Waals surface area contributed by atoms with Gasteiger partial charge < -0.3 is 19.4 Å². The maximum atomic E-state index is 5.91. The molecule has 6 nitrogen and oxygen atoms in total. The summed E-state index contributed by atoms with van der Waals surface area (Å²) < 4.78 is 13.8. The summed E-state index contributed by atoms with van der Waals surface area (Å²) in [4.78, 5) is 0. The van der Waals surface area contributed by atoms with E-state index in [1.807, 2.05) is 11.6 Å². The van der Waals surface area contributed by atoms with E-state index >= 15 is 0 Å². The molecule has 1 N–H and O–H groups in total. The van der Waals surface area contributed by atoms with E-state index in [1.54, 1.807) is 18.1 Å². The third-order valence-electron chi connectivity index (χ3n) is 4.19. The van der Waals surface area contributed by atoms with Crippen LogP contribution >= 0.6 is 11.8 Å². The zero-order valence-electron chi connectivity index (χ0n) is 12.7. The van der Waals surface area contributed by atoms with Crippen molar-refractivity contribution in [3.05, 3.63) is 6.33 Å². The van der Waals surface area contributed by atoms with Crippen LogP contribution in [-0.2, 0) is 16.5 Å². The Morgan fingerprint density at radius 3 is 2.95 bits per heavy atom. The van der Waals surface area contributed by atoms with Gasteiger partial charge in [-0.15, -0.1) is 10.2 Å². The SMILES string of the molecule is CCCNC1CCC2(CC1Sc1nncn1C)OCCO2. The zero-order valence-corrected chi connectivity index (χ0v) is 13.6. The van der Waals surface area contributed by atoms with E-state index < -0.39 is 0 Å². The minimum absolute atomic E-state index is 0.360. The molecule has 2 aliphatic rings. The third kappa shape index (κ3) is 3.41. The molecule has 7 heteroatoms. The van der Waals surface area contributed by atoms with Crippen LogP contribution in [0, 0.1) is 0 Å². The highest BCUT2D eigenvalue weighted by Crippen LogP contribution is 2.42. The Bertz CT molecular complexity index is 462. The summed E-state index contributed by atoms with van der Waals surface area (Å²) in [5, 5.41) is 13.2. The summed E-state index contributed by atoms with van der Waals surface area (Å²) in [6.07, 6.45) is 5.86. The van der Waals surface area contributed by atoms with E-state index in [0.29, 0.717) is 24.5 Å². The topological polar surface area (TPSA) is 61.2 Å². The second-order valence-corrected chi connectivity index (χ2v) is 7.00. The van der Waals surface area contributed by atoms with Crippen LogP contribution in [0.3, 0.4) is 0 Å². The van der Waals surface area contributed by atoms with Crippen molar-refractivity contribution >= 4 is 11.8 Å². The largest absolute Gasteiger partial charge is 0.347 e. The van der Waals surface area contributed by atoms with E-state index in [1.165, 1.54) is 0 Å². The molecule has 2 fully saturated rings. The highest BCUT2D eigenvalue weighted by atomic mass is 32.2. The maximum absolute atomic E-state index is 5.91. The Hall–Kier alpha value is -0.630. The van der Waals surface area contributed by atoms with Gasteiger partial charge in [0.05, 0.1) is 13.2 Å². The molecule has 0 aromatic carbocycles. The lowest BCUT2D eigenvalue weighted by Crippen LogP contribution is -2.50.